The van der Waals surface area contributed by atoms with Crippen LogP contribution in [-0.2, 0) is 11.3 Å². The summed E-state index contributed by atoms with van der Waals surface area (Å²) in [6.45, 7) is 8.06. The third-order valence-corrected chi connectivity index (χ3v) is 4.12. The van der Waals surface area contributed by atoms with Crippen LogP contribution < -0.4 is 5.32 Å². The molecule has 1 aromatic rings. The van der Waals surface area contributed by atoms with E-state index in [9.17, 15) is 0 Å². The van der Waals surface area contributed by atoms with E-state index in [4.69, 9.17) is 16.3 Å². The summed E-state index contributed by atoms with van der Waals surface area (Å²) in [6, 6.07) is 4.53. The van der Waals surface area contributed by atoms with Crippen LogP contribution in [0, 0.1) is 0 Å². The Labute approximate surface area is 112 Å². The molecular formula is C12H19ClN2OS. The van der Waals surface area contributed by atoms with Crippen LogP contribution in [0.1, 0.15) is 11.8 Å². The summed E-state index contributed by atoms with van der Waals surface area (Å²) in [6.07, 6.45) is 0. The molecule has 2 rings (SSSR count). The van der Waals surface area contributed by atoms with Gasteiger partial charge in [-0.3, -0.25) is 4.90 Å². The van der Waals surface area contributed by atoms with Gasteiger partial charge in [0, 0.05) is 37.1 Å². The Morgan fingerprint density at radius 3 is 2.88 bits per heavy atom. The minimum atomic E-state index is 0.494. The highest BCUT2D eigenvalue weighted by Gasteiger charge is 2.13. The molecule has 0 aromatic carbocycles. The van der Waals surface area contributed by atoms with Crippen molar-refractivity contribution in [3.63, 3.8) is 0 Å². The van der Waals surface area contributed by atoms with Crippen LogP contribution in [0.3, 0.4) is 0 Å². The average molecular weight is 275 g/mol. The lowest BCUT2D eigenvalue weighted by atomic mass is 10.3. The molecule has 0 aliphatic carbocycles. The summed E-state index contributed by atoms with van der Waals surface area (Å²) in [5.74, 6) is 0. The topological polar surface area (TPSA) is 24.5 Å². The number of nitrogens with one attached hydrogen (secondary N) is 1. The van der Waals surface area contributed by atoms with E-state index in [1.54, 1.807) is 11.3 Å². The van der Waals surface area contributed by atoms with Crippen LogP contribution in [0.5, 0.6) is 0 Å². The monoisotopic (exact) mass is 274 g/mol. The van der Waals surface area contributed by atoms with Crippen molar-refractivity contribution in [2.45, 2.75) is 19.5 Å². The van der Waals surface area contributed by atoms with Crippen LogP contribution in [0.2, 0.25) is 4.34 Å². The zero-order valence-electron chi connectivity index (χ0n) is 10.1. The quantitative estimate of drug-likeness (QED) is 0.891. The number of hydrogen-bond donors (Lipinski definition) is 1. The molecule has 0 saturated carbocycles. The highest BCUT2D eigenvalue weighted by atomic mass is 35.5. The molecule has 0 radical (unpaired) electrons. The minimum Gasteiger partial charge on any atom is -0.379 e. The predicted molar refractivity (Wildman–Crippen MR) is 72.9 cm³/mol. The molecule has 0 bridgehead atoms. The van der Waals surface area contributed by atoms with Crippen LogP contribution >= 0.6 is 22.9 Å². The standard InChI is InChI=1S/C12H19ClN2OS/c1-10(9-15-4-6-16-7-5-15)14-8-11-2-3-12(13)17-11/h2-3,10,14H,4-9H2,1H3. The zero-order valence-corrected chi connectivity index (χ0v) is 11.7. The molecule has 2 heterocycles. The van der Waals surface area contributed by atoms with Crippen LogP contribution in [0.15, 0.2) is 12.1 Å². The van der Waals surface area contributed by atoms with Gasteiger partial charge in [-0.2, -0.15) is 0 Å². The summed E-state index contributed by atoms with van der Waals surface area (Å²) in [5.41, 5.74) is 0. The molecule has 96 valence electrons. The van der Waals surface area contributed by atoms with E-state index in [2.05, 4.69) is 23.2 Å². The largest absolute Gasteiger partial charge is 0.379 e. The molecule has 3 nitrogen and oxygen atoms in total. The van der Waals surface area contributed by atoms with Gasteiger partial charge < -0.3 is 10.1 Å². The maximum absolute atomic E-state index is 5.90. The van der Waals surface area contributed by atoms with Gasteiger partial charge in [0.15, 0.2) is 0 Å². The first kappa shape index (κ1) is 13.3. The van der Waals surface area contributed by atoms with Crippen molar-refractivity contribution in [2.75, 3.05) is 32.8 Å². The van der Waals surface area contributed by atoms with Crippen molar-refractivity contribution in [3.05, 3.63) is 21.3 Å². The van der Waals surface area contributed by atoms with Gasteiger partial charge in [-0.25, -0.2) is 0 Å². The van der Waals surface area contributed by atoms with Gasteiger partial charge in [-0.15, -0.1) is 11.3 Å². The Kier molecular flexibility index (Phi) is 5.25. The molecule has 1 aromatic heterocycles. The van der Waals surface area contributed by atoms with Crippen LogP contribution in [0.4, 0.5) is 0 Å². The fourth-order valence-electron chi connectivity index (χ4n) is 1.96. The summed E-state index contributed by atoms with van der Waals surface area (Å²) < 4.78 is 6.20. The third kappa shape index (κ3) is 4.56. The second kappa shape index (κ2) is 6.71. The van der Waals surface area contributed by atoms with E-state index >= 15 is 0 Å². The molecule has 1 unspecified atom stereocenters. The van der Waals surface area contributed by atoms with E-state index in [1.165, 1.54) is 4.88 Å². The van der Waals surface area contributed by atoms with E-state index in [1.807, 2.05) is 6.07 Å². The zero-order chi connectivity index (χ0) is 12.1. The summed E-state index contributed by atoms with van der Waals surface area (Å²) >= 11 is 7.55. The van der Waals surface area contributed by atoms with Gasteiger partial charge in [0.1, 0.15) is 0 Å². The molecule has 0 amide bonds. The number of hydrogen-bond acceptors (Lipinski definition) is 4. The maximum atomic E-state index is 5.90. The lowest BCUT2D eigenvalue weighted by Crippen LogP contribution is -2.44. The molecule has 5 heteroatoms. The van der Waals surface area contributed by atoms with E-state index < -0.39 is 0 Å². The Hall–Kier alpha value is -0.130. The maximum Gasteiger partial charge on any atom is 0.0931 e. The number of halogens is 1. The minimum absolute atomic E-state index is 0.494. The number of thiophene rings is 1. The fourth-order valence-corrected chi connectivity index (χ4v) is 3.00. The molecule has 1 aliphatic heterocycles. The summed E-state index contributed by atoms with van der Waals surface area (Å²) in [4.78, 5) is 3.74. The Morgan fingerprint density at radius 2 is 2.24 bits per heavy atom. The summed E-state index contributed by atoms with van der Waals surface area (Å²) in [5, 5.41) is 3.53. The first-order chi connectivity index (χ1) is 8.24. The number of rotatable bonds is 5. The van der Waals surface area contributed by atoms with Crippen molar-refractivity contribution in [2.24, 2.45) is 0 Å². The van der Waals surface area contributed by atoms with Gasteiger partial charge in [-0.05, 0) is 19.1 Å². The van der Waals surface area contributed by atoms with Gasteiger partial charge in [0.2, 0.25) is 0 Å². The van der Waals surface area contributed by atoms with E-state index in [0.717, 1.165) is 43.7 Å². The van der Waals surface area contributed by atoms with Gasteiger partial charge in [0.05, 0.1) is 17.6 Å². The lowest BCUT2D eigenvalue weighted by Gasteiger charge is -2.29. The highest BCUT2D eigenvalue weighted by molar-refractivity contribution is 7.16. The van der Waals surface area contributed by atoms with E-state index in [0.29, 0.717) is 6.04 Å². The van der Waals surface area contributed by atoms with Crippen molar-refractivity contribution in [1.82, 2.24) is 10.2 Å². The fraction of sp³-hybridized carbons (Fsp3) is 0.667. The second-order valence-corrected chi connectivity index (χ2v) is 6.20. The predicted octanol–water partition coefficient (Wildman–Crippen LogP) is 2.21. The van der Waals surface area contributed by atoms with Gasteiger partial charge in [-0.1, -0.05) is 11.6 Å². The van der Waals surface area contributed by atoms with Gasteiger partial charge >= 0.3 is 0 Å². The second-order valence-electron chi connectivity index (χ2n) is 4.40. The highest BCUT2D eigenvalue weighted by Crippen LogP contribution is 2.21. The van der Waals surface area contributed by atoms with Crippen LogP contribution in [-0.4, -0.2) is 43.8 Å². The number of morpholine rings is 1. The smallest absolute Gasteiger partial charge is 0.0931 e. The average Bonchev–Trinajstić information content (AvgIpc) is 2.74. The first-order valence-electron chi connectivity index (χ1n) is 6.02. The molecule has 1 saturated heterocycles. The third-order valence-electron chi connectivity index (χ3n) is 2.89. The van der Waals surface area contributed by atoms with Crippen molar-refractivity contribution >= 4 is 22.9 Å². The van der Waals surface area contributed by atoms with Crippen molar-refractivity contribution in [1.29, 1.82) is 0 Å². The number of ether oxygens (including phenoxy) is 1. The molecule has 1 aliphatic rings. The van der Waals surface area contributed by atoms with Crippen molar-refractivity contribution in [3.8, 4) is 0 Å². The normalized spacial score (nSPS) is 19.4. The van der Waals surface area contributed by atoms with Crippen molar-refractivity contribution < 1.29 is 4.74 Å². The summed E-state index contributed by atoms with van der Waals surface area (Å²) in [7, 11) is 0. The molecule has 1 atom stereocenters. The molecule has 1 N–H and O–H groups in total. The Bertz CT molecular complexity index is 339. The van der Waals surface area contributed by atoms with Crippen LogP contribution in [0.25, 0.3) is 0 Å². The molecule has 17 heavy (non-hydrogen) atoms. The van der Waals surface area contributed by atoms with E-state index in [-0.39, 0.29) is 0 Å². The molecule has 1 fully saturated rings. The Morgan fingerprint density at radius 1 is 1.47 bits per heavy atom. The lowest BCUT2D eigenvalue weighted by molar-refractivity contribution is 0.0343. The molecular weight excluding hydrogens is 256 g/mol. The SMILES string of the molecule is CC(CN1CCOCC1)NCc1ccc(Cl)s1. The van der Waals surface area contributed by atoms with Gasteiger partial charge in [0.25, 0.3) is 0 Å². The molecule has 0 spiro atoms. The number of nitrogens with zero attached hydrogens (tertiary/aromatic N) is 1. The first-order valence-corrected chi connectivity index (χ1v) is 7.21. The Balaban J connectivity index is 1.68.